The number of carboxylic acid groups (broad SMARTS) is 1. The molecule has 3 saturated carbocycles. The summed E-state index contributed by atoms with van der Waals surface area (Å²) in [6.45, 7) is 6.28. The standard InChI is InChI=1S/C12H20O3/c1-10(2)7-12(9(14)15)5-4-11(10,3)8(13)6-12/h8,13H,4-7H2,1-3H3,(H,14,15)/t8-,11-,12+/m0/s1. The van der Waals surface area contributed by atoms with E-state index in [9.17, 15) is 15.0 Å². The molecule has 3 aliphatic rings. The minimum Gasteiger partial charge on any atom is -0.481 e. The molecular formula is C12H20O3. The smallest absolute Gasteiger partial charge is 0.309 e. The molecule has 3 rings (SSSR count). The summed E-state index contributed by atoms with van der Waals surface area (Å²) in [6, 6.07) is 0. The predicted octanol–water partition coefficient (Wildman–Crippen LogP) is 2.04. The average Bonchev–Trinajstić information content (AvgIpc) is 2.08. The van der Waals surface area contributed by atoms with Crippen LogP contribution in [0.1, 0.15) is 46.5 Å². The number of aliphatic hydroxyl groups excluding tert-OH is 1. The molecule has 0 spiro atoms. The van der Waals surface area contributed by atoms with Crippen molar-refractivity contribution in [2.24, 2.45) is 16.2 Å². The fourth-order valence-corrected chi connectivity index (χ4v) is 3.63. The zero-order valence-corrected chi connectivity index (χ0v) is 9.71. The maximum atomic E-state index is 11.4. The first-order valence-electron chi connectivity index (χ1n) is 5.65. The van der Waals surface area contributed by atoms with Crippen molar-refractivity contribution in [3.63, 3.8) is 0 Å². The monoisotopic (exact) mass is 212 g/mol. The molecule has 2 bridgehead atoms. The van der Waals surface area contributed by atoms with E-state index in [1.165, 1.54) is 0 Å². The molecule has 0 aromatic heterocycles. The highest BCUT2D eigenvalue weighted by atomic mass is 16.4. The van der Waals surface area contributed by atoms with Gasteiger partial charge in [-0.2, -0.15) is 0 Å². The van der Waals surface area contributed by atoms with Gasteiger partial charge < -0.3 is 10.2 Å². The Morgan fingerprint density at radius 3 is 2.27 bits per heavy atom. The molecule has 2 N–H and O–H groups in total. The van der Waals surface area contributed by atoms with Crippen LogP contribution in [0.2, 0.25) is 0 Å². The minimum absolute atomic E-state index is 0.0820. The van der Waals surface area contributed by atoms with Crippen LogP contribution in [-0.4, -0.2) is 22.3 Å². The lowest BCUT2D eigenvalue weighted by molar-refractivity contribution is -0.201. The lowest BCUT2D eigenvalue weighted by Crippen LogP contribution is -2.61. The molecular weight excluding hydrogens is 192 g/mol. The minimum atomic E-state index is -0.726. The predicted molar refractivity (Wildman–Crippen MR) is 56.4 cm³/mol. The van der Waals surface area contributed by atoms with E-state index < -0.39 is 17.5 Å². The SMILES string of the molecule is CC1(C)C[C@@]2(C(=O)O)CC[C@@]1(C)[C@@H](O)C2. The summed E-state index contributed by atoms with van der Waals surface area (Å²) in [6.07, 6.45) is 2.21. The maximum Gasteiger partial charge on any atom is 0.309 e. The summed E-state index contributed by atoms with van der Waals surface area (Å²) in [4.78, 5) is 11.4. The van der Waals surface area contributed by atoms with Crippen molar-refractivity contribution in [3.05, 3.63) is 0 Å². The first-order valence-corrected chi connectivity index (χ1v) is 5.65. The number of hydrogen-bond donors (Lipinski definition) is 2. The van der Waals surface area contributed by atoms with Crippen LogP contribution in [-0.2, 0) is 4.79 Å². The van der Waals surface area contributed by atoms with E-state index in [0.29, 0.717) is 12.8 Å². The molecule has 3 atom stereocenters. The van der Waals surface area contributed by atoms with Gasteiger partial charge in [0, 0.05) is 0 Å². The third kappa shape index (κ3) is 1.19. The molecule has 0 aromatic carbocycles. The average molecular weight is 212 g/mol. The van der Waals surface area contributed by atoms with Gasteiger partial charge >= 0.3 is 5.97 Å². The molecule has 3 heteroatoms. The molecule has 3 fully saturated rings. The van der Waals surface area contributed by atoms with Crippen LogP contribution in [0.5, 0.6) is 0 Å². The van der Waals surface area contributed by atoms with Crippen LogP contribution in [0.25, 0.3) is 0 Å². The number of carbonyl (C=O) groups is 1. The van der Waals surface area contributed by atoms with Gasteiger partial charge in [-0.15, -0.1) is 0 Å². The molecule has 0 aromatic rings. The molecule has 0 unspecified atom stereocenters. The van der Waals surface area contributed by atoms with E-state index in [1.54, 1.807) is 0 Å². The highest BCUT2D eigenvalue weighted by molar-refractivity contribution is 5.75. The van der Waals surface area contributed by atoms with Crippen LogP contribution >= 0.6 is 0 Å². The van der Waals surface area contributed by atoms with Gasteiger partial charge in [-0.25, -0.2) is 0 Å². The first kappa shape index (κ1) is 10.9. The van der Waals surface area contributed by atoms with E-state index in [0.717, 1.165) is 12.8 Å². The third-order valence-corrected chi connectivity index (χ3v) is 5.22. The zero-order chi connectivity index (χ0) is 11.5. The van der Waals surface area contributed by atoms with Gasteiger partial charge in [0.2, 0.25) is 0 Å². The highest BCUT2D eigenvalue weighted by Gasteiger charge is 2.63. The van der Waals surface area contributed by atoms with E-state index in [4.69, 9.17) is 0 Å². The van der Waals surface area contributed by atoms with Crippen molar-refractivity contribution in [1.29, 1.82) is 0 Å². The topological polar surface area (TPSA) is 57.5 Å². The molecule has 0 radical (unpaired) electrons. The number of carboxylic acids is 1. The van der Waals surface area contributed by atoms with Gasteiger partial charge in [-0.05, 0) is 36.5 Å². The Hall–Kier alpha value is -0.570. The second kappa shape index (κ2) is 2.76. The normalized spacial score (nSPS) is 47.9. The lowest BCUT2D eigenvalue weighted by Gasteiger charge is -2.61. The highest BCUT2D eigenvalue weighted by Crippen LogP contribution is 2.65. The summed E-state index contributed by atoms with van der Waals surface area (Å²) in [5, 5.41) is 19.5. The van der Waals surface area contributed by atoms with Gasteiger partial charge in [-0.1, -0.05) is 20.8 Å². The van der Waals surface area contributed by atoms with Gasteiger partial charge in [0.1, 0.15) is 0 Å². The number of hydrogen-bond acceptors (Lipinski definition) is 2. The van der Waals surface area contributed by atoms with Crippen molar-refractivity contribution < 1.29 is 15.0 Å². The van der Waals surface area contributed by atoms with Crippen LogP contribution in [0.3, 0.4) is 0 Å². The van der Waals surface area contributed by atoms with Gasteiger partial charge in [0.05, 0.1) is 11.5 Å². The van der Waals surface area contributed by atoms with Crippen molar-refractivity contribution in [2.75, 3.05) is 0 Å². The second-order valence-electron chi connectivity index (χ2n) is 6.28. The molecule has 15 heavy (non-hydrogen) atoms. The maximum absolute atomic E-state index is 11.4. The summed E-state index contributed by atoms with van der Waals surface area (Å²) in [5.74, 6) is -0.726. The Balaban J connectivity index is 2.42. The van der Waals surface area contributed by atoms with E-state index in [-0.39, 0.29) is 10.8 Å². The zero-order valence-electron chi connectivity index (χ0n) is 9.71. The summed E-state index contributed by atoms with van der Waals surface area (Å²) in [7, 11) is 0. The van der Waals surface area contributed by atoms with Crippen LogP contribution in [0.4, 0.5) is 0 Å². The van der Waals surface area contributed by atoms with Gasteiger partial charge in [0.15, 0.2) is 0 Å². The molecule has 0 heterocycles. The van der Waals surface area contributed by atoms with Crippen molar-refractivity contribution in [1.82, 2.24) is 0 Å². The molecule has 0 saturated heterocycles. The van der Waals surface area contributed by atoms with E-state index in [2.05, 4.69) is 20.8 Å². The van der Waals surface area contributed by atoms with Crippen LogP contribution in [0.15, 0.2) is 0 Å². The summed E-state index contributed by atoms with van der Waals surface area (Å²) in [5.41, 5.74) is -0.855. The Labute approximate surface area is 90.5 Å². The second-order valence-corrected chi connectivity index (χ2v) is 6.28. The largest absolute Gasteiger partial charge is 0.481 e. The number of aliphatic hydroxyl groups is 1. The Kier molecular flexibility index (Phi) is 2.01. The van der Waals surface area contributed by atoms with Crippen molar-refractivity contribution in [3.8, 4) is 0 Å². The quantitative estimate of drug-likeness (QED) is 0.699. The third-order valence-electron chi connectivity index (χ3n) is 5.22. The Morgan fingerprint density at radius 2 is 1.87 bits per heavy atom. The number of fused-ring (bicyclic) bond motifs is 3. The van der Waals surface area contributed by atoms with Crippen LogP contribution in [0, 0.1) is 16.2 Å². The number of rotatable bonds is 1. The molecule has 3 aliphatic carbocycles. The molecule has 3 nitrogen and oxygen atoms in total. The molecule has 0 amide bonds. The number of aliphatic carboxylic acids is 1. The fourth-order valence-electron chi connectivity index (χ4n) is 3.63. The molecule has 0 aliphatic heterocycles. The Bertz CT molecular complexity index is 310. The van der Waals surface area contributed by atoms with E-state index in [1.807, 2.05) is 0 Å². The van der Waals surface area contributed by atoms with E-state index >= 15 is 0 Å². The fraction of sp³-hybridized carbons (Fsp3) is 0.917. The molecule has 86 valence electrons. The van der Waals surface area contributed by atoms with Crippen LogP contribution < -0.4 is 0 Å². The van der Waals surface area contributed by atoms with Gasteiger partial charge in [0.25, 0.3) is 0 Å². The van der Waals surface area contributed by atoms with Gasteiger partial charge in [-0.3, -0.25) is 4.79 Å². The summed E-state index contributed by atoms with van der Waals surface area (Å²) < 4.78 is 0. The summed E-state index contributed by atoms with van der Waals surface area (Å²) >= 11 is 0. The Morgan fingerprint density at radius 1 is 1.27 bits per heavy atom. The van der Waals surface area contributed by atoms with Crippen molar-refractivity contribution >= 4 is 5.97 Å². The lowest BCUT2D eigenvalue weighted by atomic mass is 9.43. The first-order chi connectivity index (χ1) is 6.74. The van der Waals surface area contributed by atoms with Crippen molar-refractivity contribution in [2.45, 2.75) is 52.6 Å².